The maximum absolute atomic E-state index is 13.7. The SMILES string of the molecule is Cn1c(C(=O)NCC2CCCO2)cc2c(F)cccc21. The van der Waals surface area contributed by atoms with Crippen LogP contribution in [0, 0.1) is 5.82 Å². The molecule has 2 aromatic rings. The number of benzene rings is 1. The zero-order valence-corrected chi connectivity index (χ0v) is 11.4. The quantitative estimate of drug-likeness (QED) is 0.934. The van der Waals surface area contributed by atoms with Gasteiger partial charge in [0.15, 0.2) is 0 Å². The molecule has 0 spiro atoms. The zero-order valence-electron chi connectivity index (χ0n) is 11.4. The lowest BCUT2D eigenvalue weighted by Crippen LogP contribution is -2.32. The lowest BCUT2D eigenvalue weighted by atomic mass is 10.2. The van der Waals surface area contributed by atoms with E-state index in [1.54, 1.807) is 29.8 Å². The van der Waals surface area contributed by atoms with Crippen LogP contribution in [0.5, 0.6) is 0 Å². The van der Waals surface area contributed by atoms with Gasteiger partial charge in [0.05, 0.1) is 11.6 Å². The molecular weight excluding hydrogens is 259 g/mol. The van der Waals surface area contributed by atoms with Crippen molar-refractivity contribution in [1.82, 2.24) is 9.88 Å². The first kappa shape index (κ1) is 13.1. The Morgan fingerprint density at radius 3 is 3.10 bits per heavy atom. The predicted molar refractivity (Wildman–Crippen MR) is 74.2 cm³/mol. The van der Waals surface area contributed by atoms with E-state index in [1.807, 2.05) is 0 Å². The molecule has 1 saturated heterocycles. The van der Waals surface area contributed by atoms with Crippen molar-refractivity contribution in [1.29, 1.82) is 0 Å². The number of aryl methyl sites for hydroxylation is 1. The van der Waals surface area contributed by atoms with Gasteiger partial charge in [0.25, 0.3) is 5.91 Å². The number of carbonyl (C=O) groups excluding carboxylic acids is 1. The third-order valence-electron chi connectivity index (χ3n) is 3.78. The summed E-state index contributed by atoms with van der Waals surface area (Å²) in [5, 5.41) is 3.32. The number of rotatable bonds is 3. The summed E-state index contributed by atoms with van der Waals surface area (Å²) in [4.78, 5) is 12.2. The van der Waals surface area contributed by atoms with Crippen molar-refractivity contribution >= 4 is 16.8 Å². The van der Waals surface area contributed by atoms with E-state index in [2.05, 4.69) is 5.32 Å². The minimum Gasteiger partial charge on any atom is -0.376 e. The lowest BCUT2D eigenvalue weighted by Gasteiger charge is -2.11. The van der Waals surface area contributed by atoms with E-state index in [4.69, 9.17) is 4.74 Å². The van der Waals surface area contributed by atoms with Crippen molar-refractivity contribution in [3.8, 4) is 0 Å². The molecule has 1 unspecified atom stereocenters. The van der Waals surface area contributed by atoms with E-state index < -0.39 is 0 Å². The Morgan fingerprint density at radius 1 is 1.55 bits per heavy atom. The largest absolute Gasteiger partial charge is 0.376 e. The van der Waals surface area contributed by atoms with Gasteiger partial charge in [-0.05, 0) is 31.0 Å². The zero-order chi connectivity index (χ0) is 14.1. The van der Waals surface area contributed by atoms with Crippen LogP contribution in [-0.4, -0.2) is 29.7 Å². The molecule has 0 bridgehead atoms. The van der Waals surface area contributed by atoms with Crippen LogP contribution < -0.4 is 5.32 Å². The minimum atomic E-state index is -0.309. The summed E-state index contributed by atoms with van der Waals surface area (Å²) < 4.78 is 20.9. The molecular formula is C15H17FN2O2. The van der Waals surface area contributed by atoms with Crippen LogP contribution >= 0.6 is 0 Å². The number of hydrogen-bond donors (Lipinski definition) is 1. The molecule has 1 fully saturated rings. The summed E-state index contributed by atoms with van der Waals surface area (Å²) in [7, 11) is 1.77. The molecule has 20 heavy (non-hydrogen) atoms. The van der Waals surface area contributed by atoms with Crippen molar-refractivity contribution in [3.63, 3.8) is 0 Å². The number of fused-ring (bicyclic) bond motifs is 1. The summed E-state index contributed by atoms with van der Waals surface area (Å²) in [6.45, 7) is 1.27. The number of halogens is 1. The Morgan fingerprint density at radius 2 is 2.40 bits per heavy atom. The normalized spacial score (nSPS) is 18.6. The van der Waals surface area contributed by atoms with Crippen molar-refractivity contribution in [2.75, 3.05) is 13.2 Å². The Balaban J connectivity index is 1.80. The van der Waals surface area contributed by atoms with Gasteiger partial charge < -0.3 is 14.6 Å². The fraction of sp³-hybridized carbons (Fsp3) is 0.400. The van der Waals surface area contributed by atoms with Gasteiger partial charge >= 0.3 is 0 Å². The highest BCUT2D eigenvalue weighted by Crippen LogP contribution is 2.21. The van der Waals surface area contributed by atoms with Gasteiger partial charge in [0, 0.05) is 25.6 Å². The van der Waals surface area contributed by atoms with E-state index in [9.17, 15) is 9.18 Å². The van der Waals surface area contributed by atoms with Gasteiger partial charge in [-0.3, -0.25) is 4.79 Å². The van der Waals surface area contributed by atoms with Crippen LogP contribution in [0.3, 0.4) is 0 Å². The maximum atomic E-state index is 13.7. The second-order valence-corrected chi connectivity index (χ2v) is 5.11. The predicted octanol–water partition coefficient (Wildman–Crippen LogP) is 2.23. The number of aromatic nitrogens is 1. The molecule has 1 aliphatic rings. The molecule has 1 amide bonds. The van der Waals surface area contributed by atoms with Gasteiger partial charge in [0.1, 0.15) is 11.5 Å². The van der Waals surface area contributed by atoms with E-state index in [-0.39, 0.29) is 17.8 Å². The molecule has 2 heterocycles. The Labute approximate surface area is 116 Å². The van der Waals surface area contributed by atoms with Crippen molar-refractivity contribution in [2.45, 2.75) is 18.9 Å². The number of ether oxygens (including phenoxy) is 1. The molecule has 1 aliphatic heterocycles. The second kappa shape index (κ2) is 5.25. The summed E-state index contributed by atoms with van der Waals surface area (Å²) in [6, 6.07) is 6.44. The van der Waals surface area contributed by atoms with Crippen LogP contribution in [0.25, 0.3) is 10.9 Å². The average Bonchev–Trinajstić information content (AvgIpc) is 3.06. The molecule has 4 nitrogen and oxygen atoms in total. The Hall–Kier alpha value is -1.88. The van der Waals surface area contributed by atoms with Crippen molar-refractivity contribution in [3.05, 3.63) is 35.8 Å². The number of hydrogen-bond acceptors (Lipinski definition) is 2. The van der Waals surface area contributed by atoms with Crippen LogP contribution in [0.4, 0.5) is 4.39 Å². The first-order valence-electron chi connectivity index (χ1n) is 6.80. The summed E-state index contributed by atoms with van der Waals surface area (Å²) in [6.07, 6.45) is 2.12. The molecule has 3 rings (SSSR count). The molecule has 1 N–H and O–H groups in total. The molecule has 106 valence electrons. The van der Waals surface area contributed by atoms with E-state index in [0.717, 1.165) is 19.4 Å². The monoisotopic (exact) mass is 276 g/mol. The third kappa shape index (κ3) is 2.29. The summed E-state index contributed by atoms with van der Waals surface area (Å²) >= 11 is 0. The van der Waals surface area contributed by atoms with Gasteiger partial charge in [-0.15, -0.1) is 0 Å². The van der Waals surface area contributed by atoms with Gasteiger partial charge in [-0.2, -0.15) is 0 Å². The standard InChI is InChI=1S/C15H17FN2O2/c1-18-13-6-2-5-12(16)11(13)8-14(18)15(19)17-9-10-4-3-7-20-10/h2,5-6,8,10H,3-4,7,9H2,1H3,(H,17,19). The van der Waals surface area contributed by atoms with Crippen LogP contribution in [0.1, 0.15) is 23.3 Å². The maximum Gasteiger partial charge on any atom is 0.268 e. The molecule has 5 heteroatoms. The molecule has 1 aromatic carbocycles. The first-order valence-corrected chi connectivity index (χ1v) is 6.80. The first-order chi connectivity index (χ1) is 9.66. The number of amides is 1. The third-order valence-corrected chi connectivity index (χ3v) is 3.78. The molecule has 0 saturated carbocycles. The highest BCUT2D eigenvalue weighted by molar-refractivity contribution is 5.98. The molecule has 0 radical (unpaired) electrons. The molecule has 1 aromatic heterocycles. The van der Waals surface area contributed by atoms with Crippen LogP contribution in [0.15, 0.2) is 24.3 Å². The summed E-state index contributed by atoms with van der Waals surface area (Å²) in [5.74, 6) is -0.505. The van der Waals surface area contributed by atoms with Crippen molar-refractivity contribution in [2.24, 2.45) is 7.05 Å². The molecule has 1 atom stereocenters. The second-order valence-electron chi connectivity index (χ2n) is 5.11. The van der Waals surface area contributed by atoms with E-state index in [0.29, 0.717) is 23.1 Å². The highest BCUT2D eigenvalue weighted by Gasteiger charge is 2.19. The fourth-order valence-corrected chi connectivity index (χ4v) is 2.64. The topological polar surface area (TPSA) is 43.3 Å². The van der Waals surface area contributed by atoms with Gasteiger partial charge in [0.2, 0.25) is 0 Å². The summed E-state index contributed by atoms with van der Waals surface area (Å²) in [5.41, 5.74) is 1.18. The Bertz CT molecular complexity index is 645. The number of nitrogens with zero attached hydrogens (tertiary/aromatic N) is 1. The van der Waals surface area contributed by atoms with Crippen molar-refractivity contribution < 1.29 is 13.9 Å². The molecule has 0 aliphatic carbocycles. The lowest BCUT2D eigenvalue weighted by molar-refractivity contribution is 0.0851. The fourth-order valence-electron chi connectivity index (χ4n) is 2.64. The van der Waals surface area contributed by atoms with E-state index in [1.165, 1.54) is 6.07 Å². The Kier molecular flexibility index (Phi) is 3.44. The van der Waals surface area contributed by atoms with Crippen LogP contribution in [-0.2, 0) is 11.8 Å². The van der Waals surface area contributed by atoms with Crippen LogP contribution in [0.2, 0.25) is 0 Å². The smallest absolute Gasteiger partial charge is 0.268 e. The van der Waals surface area contributed by atoms with Gasteiger partial charge in [-0.25, -0.2) is 4.39 Å². The minimum absolute atomic E-state index is 0.102. The number of nitrogens with one attached hydrogen (secondary N) is 1. The number of carbonyl (C=O) groups is 1. The average molecular weight is 276 g/mol. The van der Waals surface area contributed by atoms with E-state index >= 15 is 0 Å². The van der Waals surface area contributed by atoms with Gasteiger partial charge in [-0.1, -0.05) is 6.07 Å². The highest BCUT2D eigenvalue weighted by atomic mass is 19.1.